The van der Waals surface area contributed by atoms with Gasteiger partial charge in [-0.2, -0.15) is 0 Å². The molecule has 1 saturated heterocycles. The van der Waals surface area contributed by atoms with Crippen molar-refractivity contribution < 1.29 is 9.59 Å². The molecular weight excluding hydrogens is 376 g/mol. The van der Waals surface area contributed by atoms with Crippen LogP contribution in [-0.2, 0) is 9.59 Å². The average Bonchev–Trinajstić information content (AvgIpc) is 2.34. The largest absolute Gasteiger partial charge is 0.343 e. The Morgan fingerprint density at radius 1 is 1.32 bits per heavy atom. The van der Waals surface area contributed by atoms with Gasteiger partial charge in [-0.3, -0.25) is 14.5 Å². The zero-order valence-electron chi connectivity index (χ0n) is 10.6. The molecule has 0 saturated carbocycles. The Morgan fingerprint density at radius 2 is 2.00 bits per heavy atom. The molecule has 0 spiro atoms. The Kier molecular flexibility index (Phi) is 4.30. The van der Waals surface area contributed by atoms with E-state index in [4.69, 9.17) is 0 Å². The maximum atomic E-state index is 12.4. The molecule has 2 unspecified atom stereocenters. The van der Waals surface area contributed by atoms with Crippen molar-refractivity contribution in [3.05, 3.63) is 27.1 Å². The topological polar surface area (TPSA) is 49.4 Å². The Hall–Kier alpha value is -0.880. The first-order valence-corrected chi connectivity index (χ1v) is 7.62. The van der Waals surface area contributed by atoms with E-state index in [0.29, 0.717) is 6.42 Å². The van der Waals surface area contributed by atoms with E-state index in [1.54, 1.807) is 11.8 Å². The second-order valence-electron chi connectivity index (χ2n) is 4.46. The molecule has 1 heterocycles. The highest BCUT2D eigenvalue weighted by Gasteiger charge is 2.39. The highest BCUT2D eigenvalue weighted by molar-refractivity contribution is 9.11. The molecular formula is C13H14Br2N2O2. The van der Waals surface area contributed by atoms with Gasteiger partial charge in [0, 0.05) is 8.95 Å². The summed E-state index contributed by atoms with van der Waals surface area (Å²) in [4.78, 5) is 26.0. The van der Waals surface area contributed by atoms with Crippen molar-refractivity contribution in [2.45, 2.75) is 32.4 Å². The van der Waals surface area contributed by atoms with E-state index < -0.39 is 12.1 Å². The van der Waals surface area contributed by atoms with Gasteiger partial charge in [0.1, 0.15) is 12.1 Å². The Balaban J connectivity index is 2.48. The fourth-order valence-corrected chi connectivity index (χ4v) is 3.42. The number of carbonyl (C=O) groups excluding carboxylic acids is 2. The monoisotopic (exact) mass is 388 g/mol. The van der Waals surface area contributed by atoms with E-state index in [1.165, 1.54) is 0 Å². The third-order valence-electron chi connectivity index (χ3n) is 3.14. The third kappa shape index (κ3) is 2.69. The normalized spacial score (nSPS) is 23.5. The van der Waals surface area contributed by atoms with Gasteiger partial charge in [0.15, 0.2) is 0 Å². The first-order valence-electron chi connectivity index (χ1n) is 6.04. The van der Waals surface area contributed by atoms with E-state index in [9.17, 15) is 9.59 Å². The molecule has 4 nitrogen and oxygen atoms in total. The molecule has 1 aliphatic rings. The molecule has 1 aliphatic heterocycles. The van der Waals surface area contributed by atoms with Gasteiger partial charge < -0.3 is 5.32 Å². The fourth-order valence-electron chi connectivity index (χ4n) is 2.18. The lowest BCUT2D eigenvalue weighted by molar-refractivity contribution is -0.133. The van der Waals surface area contributed by atoms with Crippen LogP contribution in [0.25, 0.3) is 0 Å². The molecule has 102 valence electrons. The number of piperazine rings is 1. The molecule has 2 rings (SSSR count). The number of rotatable bonds is 2. The summed E-state index contributed by atoms with van der Waals surface area (Å²) in [7, 11) is 0. The lowest BCUT2D eigenvalue weighted by Gasteiger charge is -2.38. The molecule has 1 N–H and O–H groups in total. The van der Waals surface area contributed by atoms with Gasteiger partial charge in [-0.1, -0.05) is 22.9 Å². The van der Waals surface area contributed by atoms with E-state index in [-0.39, 0.29) is 11.8 Å². The number of halogens is 2. The van der Waals surface area contributed by atoms with Crippen molar-refractivity contribution in [1.82, 2.24) is 5.32 Å². The number of hydrogen-bond acceptors (Lipinski definition) is 2. The number of nitrogens with one attached hydrogen (secondary N) is 1. The Bertz CT molecular complexity index is 533. The summed E-state index contributed by atoms with van der Waals surface area (Å²) in [5.41, 5.74) is 0.724. The van der Waals surface area contributed by atoms with Gasteiger partial charge in [0.25, 0.3) is 0 Å². The van der Waals surface area contributed by atoms with Gasteiger partial charge >= 0.3 is 0 Å². The summed E-state index contributed by atoms with van der Waals surface area (Å²) in [6.07, 6.45) is 0.576. The van der Waals surface area contributed by atoms with Crippen LogP contribution in [0.2, 0.25) is 0 Å². The molecule has 1 aromatic rings. The lowest BCUT2D eigenvalue weighted by atomic mass is 10.0. The van der Waals surface area contributed by atoms with Crippen molar-refractivity contribution in [2.24, 2.45) is 0 Å². The number of hydrogen-bond donors (Lipinski definition) is 1. The zero-order chi connectivity index (χ0) is 14.2. The molecule has 0 aliphatic carbocycles. The van der Waals surface area contributed by atoms with Crippen molar-refractivity contribution in [2.75, 3.05) is 4.90 Å². The van der Waals surface area contributed by atoms with Crippen LogP contribution in [0.15, 0.2) is 27.1 Å². The SMILES string of the molecule is CCC1C(=O)NC(C)C(=O)N1c1ccc(Br)cc1Br. The molecule has 2 atom stereocenters. The van der Waals surface area contributed by atoms with Gasteiger partial charge in [0.05, 0.1) is 5.69 Å². The average molecular weight is 390 g/mol. The second kappa shape index (κ2) is 5.63. The molecule has 0 bridgehead atoms. The van der Waals surface area contributed by atoms with Gasteiger partial charge in [0.2, 0.25) is 11.8 Å². The molecule has 1 fully saturated rings. The van der Waals surface area contributed by atoms with E-state index in [0.717, 1.165) is 14.6 Å². The van der Waals surface area contributed by atoms with Crippen LogP contribution < -0.4 is 10.2 Å². The van der Waals surface area contributed by atoms with Crippen LogP contribution in [0.5, 0.6) is 0 Å². The minimum Gasteiger partial charge on any atom is -0.343 e. The van der Waals surface area contributed by atoms with Crippen LogP contribution >= 0.6 is 31.9 Å². The van der Waals surface area contributed by atoms with E-state index in [1.807, 2.05) is 25.1 Å². The molecule has 2 amide bonds. The molecule has 19 heavy (non-hydrogen) atoms. The van der Waals surface area contributed by atoms with Gasteiger partial charge in [-0.05, 0) is 47.5 Å². The van der Waals surface area contributed by atoms with Gasteiger partial charge in [-0.25, -0.2) is 0 Å². The number of nitrogens with zero attached hydrogens (tertiary/aromatic N) is 1. The van der Waals surface area contributed by atoms with E-state index >= 15 is 0 Å². The Labute approximate surface area is 128 Å². The van der Waals surface area contributed by atoms with E-state index in [2.05, 4.69) is 37.2 Å². The molecule has 1 aromatic carbocycles. The third-order valence-corrected chi connectivity index (χ3v) is 4.27. The second-order valence-corrected chi connectivity index (χ2v) is 6.23. The first kappa shape index (κ1) is 14.5. The summed E-state index contributed by atoms with van der Waals surface area (Å²) in [6.45, 7) is 3.60. The summed E-state index contributed by atoms with van der Waals surface area (Å²) in [5, 5.41) is 2.71. The lowest BCUT2D eigenvalue weighted by Crippen LogP contribution is -2.62. The molecule has 0 radical (unpaired) electrons. The summed E-state index contributed by atoms with van der Waals surface area (Å²) < 4.78 is 1.70. The maximum absolute atomic E-state index is 12.4. The number of anilines is 1. The van der Waals surface area contributed by atoms with Crippen LogP contribution in [0, 0.1) is 0 Å². The fraction of sp³-hybridized carbons (Fsp3) is 0.385. The number of benzene rings is 1. The molecule has 6 heteroatoms. The zero-order valence-corrected chi connectivity index (χ0v) is 13.8. The maximum Gasteiger partial charge on any atom is 0.250 e. The van der Waals surface area contributed by atoms with Crippen molar-refractivity contribution in [1.29, 1.82) is 0 Å². The Morgan fingerprint density at radius 3 is 2.58 bits per heavy atom. The van der Waals surface area contributed by atoms with Crippen molar-refractivity contribution in [3.8, 4) is 0 Å². The highest BCUT2D eigenvalue weighted by atomic mass is 79.9. The van der Waals surface area contributed by atoms with Gasteiger partial charge in [-0.15, -0.1) is 0 Å². The summed E-state index contributed by atoms with van der Waals surface area (Å²) in [5.74, 6) is -0.195. The summed E-state index contributed by atoms with van der Waals surface area (Å²) in [6, 6.07) is 4.61. The predicted molar refractivity (Wildman–Crippen MR) is 81.0 cm³/mol. The first-order chi connectivity index (χ1) is 8.95. The number of carbonyl (C=O) groups is 2. The van der Waals surface area contributed by atoms with Crippen LogP contribution in [0.1, 0.15) is 20.3 Å². The van der Waals surface area contributed by atoms with Crippen molar-refractivity contribution in [3.63, 3.8) is 0 Å². The predicted octanol–water partition coefficient (Wildman–Crippen LogP) is 2.84. The highest BCUT2D eigenvalue weighted by Crippen LogP contribution is 2.32. The number of amides is 2. The minimum atomic E-state index is -0.495. The minimum absolute atomic E-state index is 0.0885. The summed E-state index contributed by atoms with van der Waals surface area (Å²) >= 11 is 6.83. The quantitative estimate of drug-likeness (QED) is 0.845. The molecule has 0 aromatic heterocycles. The van der Waals surface area contributed by atoms with Crippen molar-refractivity contribution >= 4 is 49.4 Å². The van der Waals surface area contributed by atoms with Crippen LogP contribution in [0.3, 0.4) is 0 Å². The van der Waals surface area contributed by atoms with Crippen LogP contribution in [-0.4, -0.2) is 23.9 Å². The van der Waals surface area contributed by atoms with Crippen LogP contribution in [0.4, 0.5) is 5.69 Å². The smallest absolute Gasteiger partial charge is 0.250 e. The standard InChI is InChI=1S/C13H14Br2N2O2/c1-3-10-12(18)16-7(2)13(19)17(10)11-5-4-8(14)6-9(11)15/h4-7,10H,3H2,1-2H3,(H,16,18).